The Morgan fingerprint density at radius 3 is 2.39 bits per heavy atom. The molecular weight excluding hydrogens is 296 g/mol. The van der Waals surface area contributed by atoms with Crippen LogP contribution in [0.1, 0.15) is 17.0 Å². The Bertz CT molecular complexity index is 522. The first-order valence-electron chi connectivity index (χ1n) is 5.16. The average Bonchev–Trinajstić information content (AvgIpc) is 2.73. The highest BCUT2D eigenvalue weighted by Crippen LogP contribution is 2.39. The number of benzene rings is 1. The quantitative estimate of drug-likeness (QED) is 0.887. The molecule has 0 atom stereocenters. The Hall–Kier alpha value is -0.810. The van der Waals surface area contributed by atoms with Crippen molar-refractivity contribution >= 4 is 34.8 Å². The Kier molecular flexibility index (Phi) is 4.12. The van der Waals surface area contributed by atoms with Gasteiger partial charge in [0.05, 0.1) is 13.2 Å². The second-order valence-corrected chi connectivity index (χ2v) is 5.97. The molecule has 1 heterocycles. The molecule has 0 aliphatic rings. The predicted molar refractivity (Wildman–Crippen MR) is 70.7 cm³/mol. The van der Waals surface area contributed by atoms with Crippen LogP contribution in [0.25, 0.3) is 0 Å². The van der Waals surface area contributed by atoms with E-state index in [0.717, 1.165) is 5.56 Å². The molecule has 18 heavy (non-hydrogen) atoms. The first-order chi connectivity index (χ1) is 8.52. The van der Waals surface area contributed by atoms with Crippen LogP contribution in [0.4, 0.5) is 0 Å². The van der Waals surface area contributed by atoms with Crippen molar-refractivity contribution in [2.45, 2.75) is 16.9 Å². The second-order valence-electron chi connectivity index (χ2n) is 3.68. The average molecular weight is 307 g/mol. The van der Waals surface area contributed by atoms with E-state index in [9.17, 15) is 0 Å². The third-order valence-electron chi connectivity index (χ3n) is 2.40. The number of hydrogen-bond donors (Lipinski definition) is 1. The molecule has 0 saturated heterocycles. The van der Waals surface area contributed by atoms with Crippen molar-refractivity contribution in [3.05, 3.63) is 47.3 Å². The summed E-state index contributed by atoms with van der Waals surface area (Å²) in [5, 5.41) is 16.9. The van der Waals surface area contributed by atoms with Crippen molar-refractivity contribution in [1.29, 1.82) is 0 Å². The van der Waals surface area contributed by atoms with Gasteiger partial charge in [0.15, 0.2) is 0 Å². The van der Waals surface area contributed by atoms with E-state index in [1.807, 2.05) is 30.3 Å². The van der Waals surface area contributed by atoms with Crippen molar-refractivity contribution in [1.82, 2.24) is 15.0 Å². The molecule has 2 rings (SSSR count). The van der Waals surface area contributed by atoms with Gasteiger partial charge in [0.2, 0.25) is 3.79 Å². The van der Waals surface area contributed by atoms with Gasteiger partial charge in [0.25, 0.3) is 0 Å². The van der Waals surface area contributed by atoms with Crippen LogP contribution in [-0.4, -0.2) is 20.1 Å². The van der Waals surface area contributed by atoms with Crippen molar-refractivity contribution in [3.63, 3.8) is 0 Å². The van der Waals surface area contributed by atoms with Crippen molar-refractivity contribution in [3.8, 4) is 0 Å². The van der Waals surface area contributed by atoms with Crippen LogP contribution in [-0.2, 0) is 16.9 Å². The minimum atomic E-state index is -1.67. The van der Waals surface area contributed by atoms with Gasteiger partial charge < -0.3 is 5.11 Å². The maximum Gasteiger partial charge on any atom is 0.234 e. The molecule has 2 aromatic rings. The SMILES string of the molecule is OCc1nnn(Cc2ccccc2)c1C(Cl)(Cl)Cl. The van der Waals surface area contributed by atoms with Crippen LogP contribution >= 0.6 is 34.8 Å². The van der Waals surface area contributed by atoms with Gasteiger partial charge in [-0.1, -0.05) is 70.3 Å². The standard InChI is InChI=1S/C11H10Cl3N3O/c12-11(13,14)10-9(7-18)15-16-17(10)6-8-4-2-1-3-5-8/h1-5,18H,6-7H2. The molecule has 1 aromatic heterocycles. The monoisotopic (exact) mass is 305 g/mol. The molecule has 0 amide bonds. The minimum Gasteiger partial charge on any atom is -0.390 e. The first kappa shape index (κ1) is 13.6. The lowest BCUT2D eigenvalue weighted by molar-refractivity contribution is 0.275. The van der Waals surface area contributed by atoms with Crippen LogP contribution < -0.4 is 0 Å². The Balaban J connectivity index is 2.37. The van der Waals surface area contributed by atoms with E-state index < -0.39 is 3.79 Å². The number of aliphatic hydroxyl groups excluding tert-OH is 1. The molecule has 0 radical (unpaired) electrons. The molecule has 0 aliphatic heterocycles. The van der Waals surface area contributed by atoms with Gasteiger partial charge in [-0.05, 0) is 5.56 Å². The molecule has 0 aliphatic carbocycles. The summed E-state index contributed by atoms with van der Waals surface area (Å²) in [6.07, 6.45) is 0. The summed E-state index contributed by atoms with van der Waals surface area (Å²) in [6, 6.07) is 9.60. The number of halogens is 3. The Labute approximate surface area is 119 Å². The van der Waals surface area contributed by atoms with Crippen LogP contribution in [0.15, 0.2) is 30.3 Å². The van der Waals surface area contributed by atoms with E-state index in [4.69, 9.17) is 39.9 Å². The van der Waals surface area contributed by atoms with Gasteiger partial charge in [0.1, 0.15) is 11.4 Å². The molecule has 7 heteroatoms. The van der Waals surface area contributed by atoms with Crippen LogP contribution in [0.2, 0.25) is 0 Å². The third-order valence-corrected chi connectivity index (χ3v) is 2.94. The van der Waals surface area contributed by atoms with E-state index in [-0.39, 0.29) is 12.3 Å². The fourth-order valence-electron chi connectivity index (χ4n) is 1.63. The first-order valence-corrected chi connectivity index (χ1v) is 6.30. The zero-order valence-electron chi connectivity index (χ0n) is 9.22. The largest absolute Gasteiger partial charge is 0.390 e. The van der Waals surface area contributed by atoms with Crippen LogP contribution in [0.5, 0.6) is 0 Å². The number of alkyl halides is 3. The smallest absolute Gasteiger partial charge is 0.234 e. The zero-order valence-corrected chi connectivity index (χ0v) is 11.5. The molecule has 4 nitrogen and oxygen atoms in total. The van der Waals surface area contributed by atoms with Crippen molar-refractivity contribution in [2.75, 3.05) is 0 Å². The number of rotatable bonds is 3. The predicted octanol–water partition coefficient (Wildman–Crippen LogP) is 2.65. The van der Waals surface area contributed by atoms with E-state index in [1.165, 1.54) is 4.68 Å². The topological polar surface area (TPSA) is 50.9 Å². The highest BCUT2D eigenvalue weighted by atomic mass is 35.6. The number of aromatic nitrogens is 3. The van der Waals surface area contributed by atoms with Gasteiger partial charge in [-0.15, -0.1) is 5.10 Å². The summed E-state index contributed by atoms with van der Waals surface area (Å²) >= 11 is 17.6. The van der Waals surface area contributed by atoms with Crippen LogP contribution in [0.3, 0.4) is 0 Å². The maximum atomic E-state index is 9.17. The molecule has 0 spiro atoms. The van der Waals surface area contributed by atoms with E-state index >= 15 is 0 Å². The normalized spacial score (nSPS) is 11.8. The maximum absolute atomic E-state index is 9.17. The molecule has 0 saturated carbocycles. The fraction of sp³-hybridized carbons (Fsp3) is 0.273. The highest BCUT2D eigenvalue weighted by Gasteiger charge is 2.32. The summed E-state index contributed by atoms with van der Waals surface area (Å²) in [7, 11) is 0. The summed E-state index contributed by atoms with van der Waals surface area (Å²) in [4.78, 5) is 0. The summed E-state index contributed by atoms with van der Waals surface area (Å²) in [5.41, 5.74) is 1.56. The molecule has 1 aromatic carbocycles. The summed E-state index contributed by atoms with van der Waals surface area (Å²) in [6.45, 7) is 0.106. The van der Waals surface area contributed by atoms with Crippen molar-refractivity contribution < 1.29 is 5.11 Å². The number of hydrogen-bond acceptors (Lipinski definition) is 3. The molecule has 1 N–H and O–H groups in total. The summed E-state index contributed by atoms with van der Waals surface area (Å²) in [5.74, 6) is 0. The van der Waals surface area contributed by atoms with Gasteiger partial charge in [-0.25, -0.2) is 4.68 Å². The highest BCUT2D eigenvalue weighted by molar-refractivity contribution is 6.66. The van der Waals surface area contributed by atoms with Crippen LogP contribution in [0, 0.1) is 0 Å². The lowest BCUT2D eigenvalue weighted by atomic mass is 10.2. The molecule has 0 bridgehead atoms. The Morgan fingerprint density at radius 2 is 1.83 bits per heavy atom. The molecule has 96 valence electrons. The fourth-order valence-corrected chi connectivity index (χ4v) is 2.25. The van der Waals surface area contributed by atoms with Gasteiger partial charge in [0, 0.05) is 0 Å². The van der Waals surface area contributed by atoms with Gasteiger partial charge in [-0.3, -0.25) is 0 Å². The summed E-state index contributed by atoms with van der Waals surface area (Å²) < 4.78 is -0.190. The number of nitrogens with zero attached hydrogens (tertiary/aromatic N) is 3. The lowest BCUT2D eigenvalue weighted by Crippen LogP contribution is -2.14. The number of aliphatic hydroxyl groups is 1. The second kappa shape index (κ2) is 5.45. The molecular formula is C11H10Cl3N3O. The lowest BCUT2D eigenvalue weighted by Gasteiger charge is -2.14. The van der Waals surface area contributed by atoms with E-state index in [1.54, 1.807) is 0 Å². The minimum absolute atomic E-state index is 0.269. The van der Waals surface area contributed by atoms with Gasteiger partial charge in [-0.2, -0.15) is 0 Å². The Morgan fingerprint density at radius 1 is 1.17 bits per heavy atom. The third kappa shape index (κ3) is 2.95. The van der Waals surface area contributed by atoms with E-state index in [2.05, 4.69) is 10.3 Å². The van der Waals surface area contributed by atoms with Crippen molar-refractivity contribution in [2.24, 2.45) is 0 Å². The zero-order chi connectivity index (χ0) is 13.2. The van der Waals surface area contributed by atoms with Gasteiger partial charge >= 0.3 is 0 Å². The molecule has 0 fully saturated rings. The van der Waals surface area contributed by atoms with E-state index in [0.29, 0.717) is 12.2 Å². The molecule has 0 unspecified atom stereocenters.